The molecule has 1 heterocycles. The number of methoxy groups -OCH3 is 2. The van der Waals surface area contributed by atoms with E-state index in [2.05, 4.69) is 0 Å². The van der Waals surface area contributed by atoms with Crippen molar-refractivity contribution in [3.05, 3.63) is 94.5 Å². The van der Waals surface area contributed by atoms with Gasteiger partial charge in [0, 0.05) is 35.9 Å². The molecule has 0 unspecified atom stereocenters. The van der Waals surface area contributed by atoms with Crippen molar-refractivity contribution in [1.82, 2.24) is 10.4 Å². The number of amides is 2. The Morgan fingerprint density at radius 3 is 2.44 bits per heavy atom. The smallest absolute Gasteiger partial charge is 0.274 e. The van der Waals surface area contributed by atoms with Crippen LogP contribution in [0.2, 0.25) is 0 Å². The summed E-state index contributed by atoms with van der Waals surface area (Å²) >= 11 is 0. The van der Waals surface area contributed by atoms with Crippen LogP contribution >= 0.6 is 0 Å². The van der Waals surface area contributed by atoms with Crippen molar-refractivity contribution in [2.75, 3.05) is 20.8 Å². The summed E-state index contributed by atoms with van der Waals surface area (Å²) in [7, 11) is 3.17. The van der Waals surface area contributed by atoms with Crippen LogP contribution in [0.4, 0.5) is 0 Å². The molecule has 0 aromatic heterocycles. The zero-order valence-electron chi connectivity index (χ0n) is 19.1. The molecule has 0 fully saturated rings. The van der Waals surface area contributed by atoms with Crippen molar-refractivity contribution in [3.8, 4) is 11.5 Å². The maximum Gasteiger partial charge on any atom is 0.274 e. The molecule has 3 aromatic rings. The molecule has 1 aliphatic heterocycles. The van der Waals surface area contributed by atoms with E-state index in [0.29, 0.717) is 42.1 Å². The Kier molecular flexibility index (Phi) is 6.94. The lowest BCUT2D eigenvalue weighted by Gasteiger charge is -2.30. The van der Waals surface area contributed by atoms with E-state index in [0.717, 1.165) is 22.3 Å². The summed E-state index contributed by atoms with van der Waals surface area (Å²) in [6.07, 6.45) is 2.51. The van der Waals surface area contributed by atoms with E-state index in [1.165, 1.54) is 0 Å². The number of ether oxygens (including phenoxy) is 2. The Morgan fingerprint density at radius 2 is 1.74 bits per heavy atom. The predicted octanol–water partition coefficient (Wildman–Crippen LogP) is 3.95. The van der Waals surface area contributed by atoms with Gasteiger partial charge in [-0.2, -0.15) is 0 Å². The van der Waals surface area contributed by atoms with Crippen LogP contribution in [-0.4, -0.2) is 42.7 Å². The standard InChI is InChI=1S/C27H26N2O5/c1-33-23-11-10-20(25(16-23)34-2)15-24(19-6-4-3-5-7-19)27(31)29-13-12-18-8-9-21(26(30)28-32)14-22(18)17-29/h3-11,14-16,32H,12-13,17H2,1-2H3,(H,28,30). The molecule has 0 atom stereocenters. The first-order valence-corrected chi connectivity index (χ1v) is 10.9. The molecule has 2 amide bonds. The van der Waals surface area contributed by atoms with Gasteiger partial charge in [0.05, 0.1) is 14.2 Å². The van der Waals surface area contributed by atoms with Crippen LogP contribution < -0.4 is 15.0 Å². The van der Waals surface area contributed by atoms with Gasteiger partial charge in [-0.05, 0) is 53.5 Å². The van der Waals surface area contributed by atoms with E-state index in [4.69, 9.17) is 14.7 Å². The molecule has 0 bridgehead atoms. The van der Waals surface area contributed by atoms with Gasteiger partial charge in [0.2, 0.25) is 0 Å². The van der Waals surface area contributed by atoms with Crippen molar-refractivity contribution in [2.24, 2.45) is 0 Å². The summed E-state index contributed by atoms with van der Waals surface area (Å²) < 4.78 is 10.8. The summed E-state index contributed by atoms with van der Waals surface area (Å²) in [6, 6.07) is 20.2. The molecule has 2 N–H and O–H groups in total. The number of carbonyl (C=O) groups is 2. The van der Waals surface area contributed by atoms with Gasteiger partial charge < -0.3 is 14.4 Å². The van der Waals surface area contributed by atoms with Crippen molar-refractivity contribution < 1.29 is 24.3 Å². The summed E-state index contributed by atoms with van der Waals surface area (Å²) in [4.78, 5) is 27.4. The third kappa shape index (κ3) is 4.79. The Hall–Kier alpha value is -4.10. The molecular formula is C27H26N2O5. The average Bonchev–Trinajstić information content (AvgIpc) is 2.90. The fourth-order valence-electron chi connectivity index (χ4n) is 4.09. The third-order valence-electron chi connectivity index (χ3n) is 5.93. The first kappa shape index (κ1) is 23.1. The summed E-state index contributed by atoms with van der Waals surface area (Å²) in [5.41, 5.74) is 6.07. The molecule has 0 aliphatic carbocycles. The normalized spacial score (nSPS) is 13.1. The van der Waals surface area contributed by atoms with E-state index in [-0.39, 0.29) is 5.91 Å². The van der Waals surface area contributed by atoms with E-state index < -0.39 is 5.91 Å². The first-order valence-electron chi connectivity index (χ1n) is 10.9. The molecule has 1 aliphatic rings. The van der Waals surface area contributed by atoms with Crippen molar-refractivity contribution in [3.63, 3.8) is 0 Å². The van der Waals surface area contributed by atoms with Crippen LogP contribution in [0.15, 0.2) is 66.7 Å². The SMILES string of the molecule is COc1ccc(C=C(C(=O)N2CCc3ccc(C(=O)NO)cc3C2)c2ccccc2)c(OC)c1. The maximum atomic E-state index is 13.8. The minimum atomic E-state index is -0.581. The van der Waals surface area contributed by atoms with Gasteiger partial charge in [-0.25, -0.2) is 5.48 Å². The predicted molar refractivity (Wildman–Crippen MR) is 129 cm³/mol. The van der Waals surface area contributed by atoms with Crippen molar-refractivity contribution >= 4 is 23.5 Å². The highest BCUT2D eigenvalue weighted by molar-refractivity contribution is 6.24. The second kappa shape index (κ2) is 10.2. The number of hydrogen-bond acceptors (Lipinski definition) is 5. The van der Waals surface area contributed by atoms with Crippen LogP contribution in [-0.2, 0) is 17.8 Å². The summed E-state index contributed by atoms with van der Waals surface area (Å²) in [5.74, 6) is 0.565. The van der Waals surface area contributed by atoms with Crippen LogP contribution in [0.3, 0.4) is 0 Å². The van der Waals surface area contributed by atoms with E-state index >= 15 is 0 Å². The van der Waals surface area contributed by atoms with Crippen LogP contribution in [0.5, 0.6) is 11.5 Å². The molecule has 7 heteroatoms. The van der Waals surface area contributed by atoms with Gasteiger partial charge in [-0.3, -0.25) is 14.8 Å². The average molecular weight is 459 g/mol. The lowest BCUT2D eigenvalue weighted by Crippen LogP contribution is -2.36. The molecule has 34 heavy (non-hydrogen) atoms. The second-order valence-electron chi connectivity index (χ2n) is 7.93. The number of benzene rings is 3. The van der Waals surface area contributed by atoms with Gasteiger partial charge in [0.15, 0.2) is 0 Å². The topological polar surface area (TPSA) is 88.1 Å². The highest BCUT2D eigenvalue weighted by atomic mass is 16.5. The van der Waals surface area contributed by atoms with Gasteiger partial charge in [0.1, 0.15) is 11.5 Å². The van der Waals surface area contributed by atoms with Crippen molar-refractivity contribution in [1.29, 1.82) is 0 Å². The van der Waals surface area contributed by atoms with Gasteiger partial charge in [-0.15, -0.1) is 0 Å². The van der Waals surface area contributed by atoms with Crippen LogP contribution in [0.25, 0.3) is 11.6 Å². The van der Waals surface area contributed by atoms with Gasteiger partial charge in [-0.1, -0.05) is 36.4 Å². The molecule has 0 saturated heterocycles. The van der Waals surface area contributed by atoms with Gasteiger partial charge in [0.25, 0.3) is 11.8 Å². The number of nitrogens with one attached hydrogen (secondary N) is 1. The Morgan fingerprint density at radius 1 is 0.941 bits per heavy atom. The van der Waals surface area contributed by atoms with Crippen LogP contribution in [0, 0.1) is 0 Å². The number of fused-ring (bicyclic) bond motifs is 1. The Balaban J connectivity index is 1.71. The maximum absolute atomic E-state index is 13.8. The minimum Gasteiger partial charge on any atom is -0.497 e. The molecule has 7 nitrogen and oxygen atoms in total. The first-order chi connectivity index (χ1) is 16.5. The zero-order chi connectivity index (χ0) is 24.1. The lowest BCUT2D eigenvalue weighted by molar-refractivity contribution is -0.125. The number of nitrogens with zero attached hydrogens (tertiary/aromatic N) is 1. The fourth-order valence-corrected chi connectivity index (χ4v) is 4.09. The molecule has 4 rings (SSSR count). The van der Waals surface area contributed by atoms with E-state index in [1.54, 1.807) is 42.8 Å². The molecule has 3 aromatic carbocycles. The second-order valence-corrected chi connectivity index (χ2v) is 7.93. The van der Waals surface area contributed by atoms with E-state index in [9.17, 15) is 9.59 Å². The monoisotopic (exact) mass is 458 g/mol. The van der Waals surface area contributed by atoms with E-state index in [1.807, 2.05) is 54.6 Å². The highest BCUT2D eigenvalue weighted by Crippen LogP contribution is 2.31. The van der Waals surface area contributed by atoms with Crippen LogP contribution in [0.1, 0.15) is 32.6 Å². The lowest BCUT2D eigenvalue weighted by atomic mass is 9.95. The Labute approximate surface area is 198 Å². The number of hydrogen-bond donors (Lipinski definition) is 2. The summed E-state index contributed by atoms with van der Waals surface area (Å²) in [6.45, 7) is 0.923. The molecule has 0 radical (unpaired) electrons. The Bertz CT molecular complexity index is 1240. The quantitative estimate of drug-likeness (QED) is 0.253. The molecule has 174 valence electrons. The molecule has 0 spiro atoms. The molecular weight excluding hydrogens is 432 g/mol. The molecule has 0 saturated carbocycles. The van der Waals surface area contributed by atoms with Gasteiger partial charge >= 0.3 is 0 Å². The summed E-state index contributed by atoms with van der Waals surface area (Å²) in [5, 5.41) is 8.96. The number of rotatable bonds is 6. The fraction of sp³-hybridized carbons (Fsp3) is 0.185. The largest absolute Gasteiger partial charge is 0.497 e. The number of carbonyl (C=O) groups excluding carboxylic acids is 2. The van der Waals surface area contributed by atoms with Crippen molar-refractivity contribution in [2.45, 2.75) is 13.0 Å². The minimum absolute atomic E-state index is 0.119. The number of hydroxylamine groups is 1. The zero-order valence-corrected chi connectivity index (χ0v) is 19.1. The third-order valence-corrected chi connectivity index (χ3v) is 5.93. The highest BCUT2D eigenvalue weighted by Gasteiger charge is 2.25.